The number of carboxylic acid groups (broad SMARTS) is 1. The summed E-state index contributed by atoms with van der Waals surface area (Å²) in [6, 6.07) is 8.62. The van der Waals surface area contributed by atoms with Crippen molar-refractivity contribution in [2.24, 2.45) is 7.05 Å². The topological polar surface area (TPSA) is 84.2 Å². The fourth-order valence-corrected chi connectivity index (χ4v) is 2.61. The molecule has 2 aromatic rings. The van der Waals surface area contributed by atoms with Crippen molar-refractivity contribution in [3.8, 4) is 0 Å². The molecule has 0 aliphatic carbocycles. The molecule has 0 fully saturated rings. The van der Waals surface area contributed by atoms with Gasteiger partial charge in [-0.1, -0.05) is 38.1 Å². The van der Waals surface area contributed by atoms with Gasteiger partial charge in [0.15, 0.2) is 0 Å². The molecule has 1 aromatic carbocycles. The lowest BCUT2D eigenvalue weighted by atomic mass is 9.98. The van der Waals surface area contributed by atoms with Crippen molar-refractivity contribution < 1.29 is 14.7 Å². The molecule has 0 aliphatic heterocycles. The Hall–Kier alpha value is -2.63. The van der Waals surface area contributed by atoms with Crippen LogP contribution in [0.1, 0.15) is 59.5 Å². The lowest BCUT2D eigenvalue weighted by Crippen LogP contribution is -2.32. The fourth-order valence-electron chi connectivity index (χ4n) is 2.61. The number of amides is 1. The van der Waals surface area contributed by atoms with E-state index < -0.39 is 12.0 Å². The minimum absolute atomic E-state index is 0.175. The van der Waals surface area contributed by atoms with Gasteiger partial charge >= 0.3 is 5.97 Å². The van der Waals surface area contributed by atoms with Gasteiger partial charge in [0.2, 0.25) is 0 Å². The molecule has 0 radical (unpaired) electrons. The van der Waals surface area contributed by atoms with Gasteiger partial charge in [0.05, 0.1) is 18.2 Å². The molecule has 6 heteroatoms. The van der Waals surface area contributed by atoms with Crippen LogP contribution in [0.5, 0.6) is 0 Å². The average Bonchev–Trinajstić information content (AvgIpc) is 2.89. The van der Waals surface area contributed by atoms with Crippen LogP contribution in [0.2, 0.25) is 0 Å². The van der Waals surface area contributed by atoms with E-state index >= 15 is 0 Å². The van der Waals surface area contributed by atoms with Crippen LogP contribution in [0.15, 0.2) is 30.3 Å². The molecule has 6 nitrogen and oxygen atoms in total. The third kappa shape index (κ3) is 4.01. The SMILES string of the molecule is Cc1ccccc1C(CC(=O)O)NC(=O)c1cc(C(C)C)nn1C. The Labute approximate surface area is 141 Å². The second-order valence-corrected chi connectivity index (χ2v) is 6.21. The summed E-state index contributed by atoms with van der Waals surface area (Å²) in [5.74, 6) is -1.08. The van der Waals surface area contributed by atoms with E-state index in [1.807, 2.05) is 45.0 Å². The van der Waals surface area contributed by atoms with E-state index in [1.54, 1.807) is 13.1 Å². The van der Waals surface area contributed by atoms with Crippen molar-refractivity contribution in [1.29, 1.82) is 0 Å². The van der Waals surface area contributed by atoms with Gasteiger partial charge in [0.1, 0.15) is 5.69 Å². The Balaban J connectivity index is 2.28. The second-order valence-electron chi connectivity index (χ2n) is 6.21. The van der Waals surface area contributed by atoms with Gasteiger partial charge in [-0.3, -0.25) is 14.3 Å². The van der Waals surface area contributed by atoms with E-state index in [1.165, 1.54) is 4.68 Å². The van der Waals surface area contributed by atoms with Crippen LogP contribution in [0.3, 0.4) is 0 Å². The lowest BCUT2D eigenvalue weighted by molar-refractivity contribution is -0.137. The molecule has 1 amide bonds. The molecule has 0 aliphatic rings. The van der Waals surface area contributed by atoms with Crippen molar-refractivity contribution in [2.75, 3.05) is 0 Å². The molecule has 0 saturated carbocycles. The van der Waals surface area contributed by atoms with E-state index in [0.717, 1.165) is 16.8 Å². The van der Waals surface area contributed by atoms with Crippen LogP contribution in [0, 0.1) is 6.92 Å². The summed E-state index contributed by atoms with van der Waals surface area (Å²) < 4.78 is 1.53. The standard InChI is InChI=1S/C18H23N3O3/c1-11(2)14-9-16(21(4)20-14)18(24)19-15(10-17(22)23)13-8-6-5-7-12(13)3/h5-9,11,15H,10H2,1-4H3,(H,19,24)(H,22,23). The first-order chi connectivity index (χ1) is 11.3. The van der Waals surface area contributed by atoms with Crippen molar-refractivity contribution in [3.63, 3.8) is 0 Å². The normalized spacial score (nSPS) is 12.2. The van der Waals surface area contributed by atoms with Crippen molar-refractivity contribution in [2.45, 2.75) is 39.2 Å². The number of carbonyl (C=O) groups is 2. The first-order valence-electron chi connectivity index (χ1n) is 7.91. The number of rotatable bonds is 6. The number of aliphatic carboxylic acids is 1. The third-order valence-electron chi connectivity index (χ3n) is 3.97. The Kier molecular flexibility index (Phi) is 5.39. The highest BCUT2D eigenvalue weighted by Gasteiger charge is 2.22. The number of carboxylic acids is 1. The Morgan fingerprint density at radius 2 is 1.96 bits per heavy atom. The summed E-state index contributed by atoms with van der Waals surface area (Å²) in [6.07, 6.45) is -0.175. The molecule has 2 N–H and O–H groups in total. The van der Waals surface area contributed by atoms with Crippen LogP contribution < -0.4 is 5.32 Å². The van der Waals surface area contributed by atoms with Crippen LogP contribution in [0.25, 0.3) is 0 Å². The number of aryl methyl sites for hydroxylation is 2. The summed E-state index contributed by atoms with van der Waals surface area (Å²) in [6.45, 7) is 5.91. The molecule has 1 aromatic heterocycles. The molecule has 1 unspecified atom stereocenters. The first-order valence-corrected chi connectivity index (χ1v) is 7.91. The zero-order valence-corrected chi connectivity index (χ0v) is 14.4. The van der Waals surface area contributed by atoms with E-state index in [-0.39, 0.29) is 18.2 Å². The second kappa shape index (κ2) is 7.29. The van der Waals surface area contributed by atoms with Gasteiger partial charge in [-0.25, -0.2) is 0 Å². The maximum absolute atomic E-state index is 12.6. The number of carbonyl (C=O) groups excluding carboxylic acids is 1. The molecule has 0 spiro atoms. The van der Waals surface area contributed by atoms with Gasteiger partial charge < -0.3 is 10.4 Å². The quantitative estimate of drug-likeness (QED) is 0.853. The average molecular weight is 329 g/mol. The number of benzene rings is 1. The lowest BCUT2D eigenvalue weighted by Gasteiger charge is -2.19. The predicted octanol–water partition coefficient (Wildman–Crippen LogP) is 2.80. The minimum Gasteiger partial charge on any atom is -0.481 e. The van der Waals surface area contributed by atoms with Crippen molar-refractivity contribution in [1.82, 2.24) is 15.1 Å². The maximum atomic E-state index is 12.6. The third-order valence-corrected chi connectivity index (χ3v) is 3.97. The Morgan fingerprint density at radius 1 is 1.29 bits per heavy atom. The molecule has 24 heavy (non-hydrogen) atoms. The van der Waals surface area contributed by atoms with Crippen LogP contribution in [0.4, 0.5) is 0 Å². The summed E-state index contributed by atoms with van der Waals surface area (Å²) in [7, 11) is 1.71. The fraction of sp³-hybridized carbons (Fsp3) is 0.389. The number of nitrogens with zero attached hydrogens (tertiary/aromatic N) is 2. The van der Waals surface area contributed by atoms with Gasteiger partial charge in [0, 0.05) is 7.05 Å². The molecule has 128 valence electrons. The maximum Gasteiger partial charge on any atom is 0.305 e. The molecular formula is C18H23N3O3. The van der Waals surface area contributed by atoms with E-state index in [9.17, 15) is 14.7 Å². The highest BCUT2D eigenvalue weighted by atomic mass is 16.4. The molecular weight excluding hydrogens is 306 g/mol. The summed E-state index contributed by atoms with van der Waals surface area (Å²) in [5.41, 5.74) is 2.99. The van der Waals surface area contributed by atoms with E-state index in [0.29, 0.717) is 5.69 Å². The van der Waals surface area contributed by atoms with Crippen molar-refractivity contribution in [3.05, 3.63) is 52.8 Å². The molecule has 0 saturated heterocycles. The van der Waals surface area contributed by atoms with Gasteiger partial charge in [-0.15, -0.1) is 0 Å². The Bertz CT molecular complexity index is 750. The van der Waals surface area contributed by atoms with Crippen LogP contribution in [-0.4, -0.2) is 26.8 Å². The van der Waals surface area contributed by atoms with Gasteiger partial charge in [-0.05, 0) is 30.0 Å². The Morgan fingerprint density at radius 3 is 2.50 bits per heavy atom. The largest absolute Gasteiger partial charge is 0.481 e. The predicted molar refractivity (Wildman–Crippen MR) is 90.9 cm³/mol. The highest BCUT2D eigenvalue weighted by Crippen LogP contribution is 2.22. The number of hydrogen-bond acceptors (Lipinski definition) is 3. The number of nitrogens with one attached hydrogen (secondary N) is 1. The minimum atomic E-state index is -0.962. The van der Waals surface area contributed by atoms with Gasteiger partial charge in [0.25, 0.3) is 5.91 Å². The molecule has 1 atom stereocenters. The monoisotopic (exact) mass is 329 g/mol. The zero-order chi connectivity index (χ0) is 17.9. The first kappa shape index (κ1) is 17.7. The molecule has 0 bridgehead atoms. The highest BCUT2D eigenvalue weighted by molar-refractivity contribution is 5.93. The molecule has 1 heterocycles. The van der Waals surface area contributed by atoms with E-state index in [2.05, 4.69) is 10.4 Å². The van der Waals surface area contributed by atoms with Crippen molar-refractivity contribution >= 4 is 11.9 Å². The number of aromatic nitrogens is 2. The number of hydrogen-bond donors (Lipinski definition) is 2. The smallest absolute Gasteiger partial charge is 0.305 e. The van der Waals surface area contributed by atoms with Gasteiger partial charge in [-0.2, -0.15) is 5.10 Å². The summed E-state index contributed by atoms with van der Waals surface area (Å²) in [4.78, 5) is 23.8. The zero-order valence-electron chi connectivity index (χ0n) is 14.4. The van der Waals surface area contributed by atoms with E-state index in [4.69, 9.17) is 0 Å². The molecule has 2 rings (SSSR count). The van der Waals surface area contributed by atoms with Crippen LogP contribution in [-0.2, 0) is 11.8 Å². The van der Waals surface area contributed by atoms with Crippen LogP contribution >= 0.6 is 0 Å². The summed E-state index contributed by atoms with van der Waals surface area (Å²) >= 11 is 0. The summed E-state index contributed by atoms with van der Waals surface area (Å²) in [5, 5.41) is 16.3.